The van der Waals surface area contributed by atoms with Crippen LogP contribution in [0.1, 0.15) is 32.3 Å². The smallest absolute Gasteiger partial charge is 0.157 e. The number of hydrogen-bond donors (Lipinski definition) is 0. The van der Waals surface area contributed by atoms with Crippen LogP contribution in [-0.4, -0.2) is 32.7 Å². The van der Waals surface area contributed by atoms with Gasteiger partial charge >= 0.3 is 0 Å². The SMILES string of the molecule is COc1ccc(CO[C@@H](C)[C@H]2O[C@@H](OC)CC[C@@H]2C)cc1. The van der Waals surface area contributed by atoms with E-state index < -0.39 is 0 Å². The Labute approximate surface area is 127 Å². The van der Waals surface area contributed by atoms with Crippen LogP contribution in [0, 0.1) is 5.92 Å². The van der Waals surface area contributed by atoms with Gasteiger partial charge < -0.3 is 18.9 Å². The van der Waals surface area contributed by atoms with Crippen molar-refractivity contribution in [2.24, 2.45) is 5.92 Å². The maximum atomic E-state index is 5.98. The molecule has 4 atom stereocenters. The van der Waals surface area contributed by atoms with Crippen LogP contribution in [0.25, 0.3) is 0 Å². The van der Waals surface area contributed by atoms with Crippen LogP contribution in [0.4, 0.5) is 0 Å². The van der Waals surface area contributed by atoms with E-state index in [0.717, 1.165) is 24.2 Å². The number of hydrogen-bond acceptors (Lipinski definition) is 4. The van der Waals surface area contributed by atoms with E-state index in [1.54, 1.807) is 14.2 Å². The van der Waals surface area contributed by atoms with E-state index in [0.29, 0.717) is 12.5 Å². The molecule has 1 heterocycles. The summed E-state index contributed by atoms with van der Waals surface area (Å²) in [5.74, 6) is 1.35. The van der Waals surface area contributed by atoms with Crippen LogP contribution in [0.15, 0.2) is 24.3 Å². The minimum absolute atomic E-state index is 0.0417. The largest absolute Gasteiger partial charge is 0.497 e. The van der Waals surface area contributed by atoms with Gasteiger partial charge in [-0.1, -0.05) is 19.1 Å². The summed E-state index contributed by atoms with van der Waals surface area (Å²) in [6.07, 6.45) is 2.10. The summed E-state index contributed by atoms with van der Waals surface area (Å²) in [7, 11) is 3.36. The Hall–Kier alpha value is -1.10. The van der Waals surface area contributed by atoms with Crippen molar-refractivity contribution < 1.29 is 18.9 Å². The molecule has 1 aliphatic heterocycles. The van der Waals surface area contributed by atoms with Crippen LogP contribution in [-0.2, 0) is 20.8 Å². The summed E-state index contributed by atoms with van der Waals surface area (Å²) in [6, 6.07) is 7.94. The lowest BCUT2D eigenvalue weighted by atomic mass is 9.92. The number of benzene rings is 1. The maximum absolute atomic E-state index is 5.98. The van der Waals surface area contributed by atoms with Gasteiger partial charge in [-0.2, -0.15) is 0 Å². The molecule has 0 unspecified atom stereocenters. The monoisotopic (exact) mass is 294 g/mol. The molecule has 0 radical (unpaired) electrons. The Morgan fingerprint density at radius 3 is 2.52 bits per heavy atom. The predicted octanol–water partition coefficient (Wildman–Crippen LogP) is 3.39. The standard InChI is InChI=1S/C17H26O4/c1-12-5-10-16(19-4)21-17(12)13(2)20-11-14-6-8-15(18-3)9-7-14/h6-9,12-13,16-17H,5,10-11H2,1-4H3/t12-,13-,16+,17-/m0/s1. The zero-order chi connectivity index (χ0) is 15.2. The Kier molecular flexibility index (Phi) is 6.03. The molecule has 1 aromatic rings. The summed E-state index contributed by atoms with van der Waals surface area (Å²) in [4.78, 5) is 0. The summed E-state index contributed by atoms with van der Waals surface area (Å²) in [5.41, 5.74) is 1.13. The van der Waals surface area contributed by atoms with E-state index in [9.17, 15) is 0 Å². The fourth-order valence-corrected chi connectivity index (χ4v) is 2.73. The van der Waals surface area contributed by atoms with Crippen LogP contribution < -0.4 is 4.74 Å². The lowest BCUT2D eigenvalue weighted by Gasteiger charge is -2.37. The first kappa shape index (κ1) is 16.3. The third kappa shape index (κ3) is 4.43. The molecule has 0 aliphatic carbocycles. The van der Waals surface area contributed by atoms with E-state index in [4.69, 9.17) is 18.9 Å². The first-order chi connectivity index (χ1) is 10.1. The zero-order valence-electron chi connectivity index (χ0n) is 13.4. The third-order valence-corrected chi connectivity index (χ3v) is 4.12. The molecule has 0 spiro atoms. The molecular formula is C17H26O4. The molecule has 2 rings (SSSR count). The van der Waals surface area contributed by atoms with Gasteiger partial charge in [0.15, 0.2) is 6.29 Å². The molecule has 0 aromatic heterocycles. The molecule has 0 N–H and O–H groups in total. The minimum Gasteiger partial charge on any atom is -0.497 e. The second kappa shape index (κ2) is 7.78. The van der Waals surface area contributed by atoms with Gasteiger partial charge in [-0.15, -0.1) is 0 Å². The predicted molar refractivity (Wildman–Crippen MR) is 81.3 cm³/mol. The lowest BCUT2D eigenvalue weighted by Crippen LogP contribution is -2.42. The van der Waals surface area contributed by atoms with Crippen molar-refractivity contribution >= 4 is 0 Å². The van der Waals surface area contributed by atoms with Crippen molar-refractivity contribution in [2.75, 3.05) is 14.2 Å². The van der Waals surface area contributed by atoms with Crippen molar-refractivity contribution in [3.8, 4) is 5.75 Å². The fourth-order valence-electron chi connectivity index (χ4n) is 2.73. The normalized spacial score (nSPS) is 27.3. The van der Waals surface area contributed by atoms with E-state index in [1.807, 2.05) is 24.3 Å². The first-order valence-electron chi connectivity index (χ1n) is 7.56. The molecule has 0 bridgehead atoms. The lowest BCUT2D eigenvalue weighted by molar-refractivity contribution is -0.224. The highest BCUT2D eigenvalue weighted by atomic mass is 16.7. The van der Waals surface area contributed by atoms with Gasteiger partial charge in [-0.05, 0) is 43.4 Å². The van der Waals surface area contributed by atoms with Crippen molar-refractivity contribution in [2.45, 2.75) is 51.8 Å². The molecule has 21 heavy (non-hydrogen) atoms. The molecule has 0 amide bonds. The molecule has 4 nitrogen and oxygen atoms in total. The van der Waals surface area contributed by atoms with Gasteiger partial charge in [-0.3, -0.25) is 0 Å². The fraction of sp³-hybridized carbons (Fsp3) is 0.647. The molecule has 0 saturated carbocycles. The highest BCUT2D eigenvalue weighted by Gasteiger charge is 2.32. The molecular weight excluding hydrogens is 268 g/mol. The highest BCUT2D eigenvalue weighted by Crippen LogP contribution is 2.28. The quantitative estimate of drug-likeness (QED) is 0.806. The van der Waals surface area contributed by atoms with Gasteiger partial charge in [-0.25, -0.2) is 0 Å². The maximum Gasteiger partial charge on any atom is 0.157 e. The summed E-state index contributed by atoms with van der Waals surface area (Å²) < 4.78 is 22.4. The van der Waals surface area contributed by atoms with Gasteiger partial charge in [0.05, 0.1) is 25.9 Å². The van der Waals surface area contributed by atoms with Crippen molar-refractivity contribution in [1.82, 2.24) is 0 Å². The Morgan fingerprint density at radius 2 is 1.90 bits per heavy atom. The summed E-state index contributed by atoms with van der Waals surface area (Å²) in [5, 5.41) is 0. The first-order valence-corrected chi connectivity index (χ1v) is 7.56. The Bertz CT molecular complexity index is 417. The number of rotatable bonds is 6. The Balaban J connectivity index is 1.86. The average molecular weight is 294 g/mol. The van der Waals surface area contributed by atoms with Crippen molar-refractivity contribution in [3.05, 3.63) is 29.8 Å². The summed E-state index contributed by atoms with van der Waals surface area (Å²) in [6.45, 7) is 4.86. The number of methoxy groups -OCH3 is 2. The molecule has 1 aliphatic rings. The van der Waals surface area contributed by atoms with E-state index in [2.05, 4.69) is 13.8 Å². The van der Waals surface area contributed by atoms with Crippen molar-refractivity contribution in [3.63, 3.8) is 0 Å². The molecule has 4 heteroatoms. The van der Waals surface area contributed by atoms with Gasteiger partial charge in [0.2, 0.25) is 0 Å². The molecule has 1 fully saturated rings. The van der Waals surface area contributed by atoms with Gasteiger partial charge in [0, 0.05) is 7.11 Å². The second-order valence-corrected chi connectivity index (χ2v) is 5.68. The van der Waals surface area contributed by atoms with Crippen molar-refractivity contribution in [1.29, 1.82) is 0 Å². The summed E-state index contributed by atoms with van der Waals surface area (Å²) >= 11 is 0. The Morgan fingerprint density at radius 1 is 1.19 bits per heavy atom. The minimum atomic E-state index is -0.0989. The van der Waals surface area contributed by atoms with Crippen LogP contribution >= 0.6 is 0 Å². The molecule has 1 saturated heterocycles. The van der Waals surface area contributed by atoms with E-state index in [-0.39, 0.29) is 18.5 Å². The average Bonchev–Trinajstić information content (AvgIpc) is 2.53. The van der Waals surface area contributed by atoms with Gasteiger partial charge in [0.25, 0.3) is 0 Å². The topological polar surface area (TPSA) is 36.9 Å². The van der Waals surface area contributed by atoms with Crippen LogP contribution in [0.5, 0.6) is 5.75 Å². The third-order valence-electron chi connectivity index (χ3n) is 4.12. The zero-order valence-corrected chi connectivity index (χ0v) is 13.4. The van der Waals surface area contributed by atoms with Crippen LogP contribution in [0.3, 0.4) is 0 Å². The van der Waals surface area contributed by atoms with E-state index in [1.165, 1.54) is 0 Å². The molecule has 1 aromatic carbocycles. The number of ether oxygens (including phenoxy) is 4. The van der Waals surface area contributed by atoms with Crippen LogP contribution in [0.2, 0.25) is 0 Å². The highest BCUT2D eigenvalue weighted by molar-refractivity contribution is 5.26. The van der Waals surface area contributed by atoms with E-state index >= 15 is 0 Å². The second-order valence-electron chi connectivity index (χ2n) is 5.68. The van der Waals surface area contributed by atoms with Gasteiger partial charge in [0.1, 0.15) is 5.75 Å². The molecule has 118 valence electrons.